The van der Waals surface area contributed by atoms with Gasteiger partial charge in [-0.25, -0.2) is 4.79 Å². The van der Waals surface area contributed by atoms with Crippen molar-refractivity contribution in [2.45, 2.75) is 38.1 Å². The van der Waals surface area contributed by atoms with Gasteiger partial charge in [-0.1, -0.05) is 12.8 Å². The molecule has 1 fully saturated rings. The number of aryl methyl sites for hydroxylation is 1. The molecule has 0 saturated heterocycles. The second-order valence-electron chi connectivity index (χ2n) is 5.97. The Morgan fingerprint density at radius 3 is 2.61 bits per heavy atom. The molecule has 0 radical (unpaired) electrons. The van der Waals surface area contributed by atoms with Crippen LogP contribution in [-0.4, -0.2) is 29.6 Å². The summed E-state index contributed by atoms with van der Waals surface area (Å²) in [6.45, 7) is 1.88. The Labute approximate surface area is 138 Å². The SMILES string of the molecule is COc1ccc2sc(C(=O)NC3(C(=O)O)CCCC3)c(C)c2c1. The Balaban J connectivity index is 1.95. The highest BCUT2D eigenvalue weighted by atomic mass is 32.1. The van der Waals surface area contributed by atoms with E-state index in [0.717, 1.165) is 34.2 Å². The summed E-state index contributed by atoms with van der Waals surface area (Å²) in [7, 11) is 1.60. The Morgan fingerprint density at radius 2 is 2.00 bits per heavy atom. The van der Waals surface area contributed by atoms with E-state index in [4.69, 9.17) is 4.74 Å². The monoisotopic (exact) mass is 333 g/mol. The number of hydrogen-bond donors (Lipinski definition) is 2. The summed E-state index contributed by atoms with van der Waals surface area (Å²) in [5.41, 5.74) is -0.253. The van der Waals surface area contributed by atoms with Gasteiger partial charge in [0.25, 0.3) is 5.91 Å². The van der Waals surface area contributed by atoms with Crippen LogP contribution in [0.3, 0.4) is 0 Å². The molecule has 1 heterocycles. The minimum absolute atomic E-state index is 0.299. The topological polar surface area (TPSA) is 75.6 Å². The molecular weight excluding hydrogens is 314 g/mol. The number of carboxylic acid groups (broad SMARTS) is 1. The van der Waals surface area contributed by atoms with Crippen LogP contribution in [0.15, 0.2) is 18.2 Å². The lowest BCUT2D eigenvalue weighted by molar-refractivity contribution is -0.144. The number of thiophene rings is 1. The minimum Gasteiger partial charge on any atom is -0.497 e. The second-order valence-corrected chi connectivity index (χ2v) is 7.02. The van der Waals surface area contributed by atoms with Gasteiger partial charge in [-0.15, -0.1) is 11.3 Å². The Hall–Kier alpha value is -2.08. The first-order chi connectivity index (χ1) is 11.0. The van der Waals surface area contributed by atoms with Crippen LogP contribution in [0.2, 0.25) is 0 Å². The van der Waals surface area contributed by atoms with Gasteiger partial charge in [0.05, 0.1) is 12.0 Å². The third kappa shape index (κ3) is 2.67. The summed E-state index contributed by atoms with van der Waals surface area (Å²) in [6.07, 6.45) is 2.64. The van der Waals surface area contributed by atoms with Gasteiger partial charge in [-0.2, -0.15) is 0 Å². The number of benzene rings is 1. The summed E-state index contributed by atoms with van der Waals surface area (Å²) >= 11 is 1.38. The van der Waals surface area contributed by atoms with Crippen LogP contribution >= 0.6 is 11.3 Å². The largest absolute Gasteiger partial charge is 0.497 e. The van der Waals surface area contributed by atoms with Gasteiger partial charge in [0.15, 0.2) is 0 Å². The summed E-state index contributed by atoms with van der Waals surface area (Å²) in [5, 5.41) is 13.3. The van der Waals surface area contributed by atoms with Gasteiger partial charge >= 0.3 is 5.97 Å². The van der Waals surface area contributed by atoms with Crippen molar-refractivity contribution >= 4 is 33.3 Å². The second kappa shape index (κ2) is 5.85. The van der Waals surface area contributed by atoms with Gasteiger partial charge in [0, 0.05) is 4.70 Å². The Bertz CT molecular complexity index is 774. The lowest BCUT2D eigenvalue weighted by atomic mass is 9.97. The average Bonchev–Trinajstić information content (AvgIpc) is 3.13. The normalized spacial score (nSPS) is 16.4. The van der Waals surface area contributed by atoms with E-state index >= 15 is 0 Å². The van der Waals surface area contributed by atoms with Crippen LogP contribution in [0.4, 0.5) is 0 Å². The van der Waals surface area contributed by atoms with E-state index in [2.05, 4.69) is 5.32 Å². The fourth-order valence-corrected chi connectivity index (χ4v) is 4.27. The molecule has 1 amide bonds. The summed E-state index contributed by atoms with van der Waals surface area (Å²) in [5.74, 6) is -0.501. The molecule has 2 aromatic rings. The van der Waals surface area contributed by atoms with Crippen molar-refractivity contribution in [2.75, 3.05) is 7.11 Å². The molecule has 1 aromatic carbocycles. The van der Waals surface area contributed by atoms with Crippen molar-refractivity contribution in [3.63, 3.8) is 0 Å². The molecule has 3 rings (SSSR count). The fourth-order valence-electron chi connectivity index (χ4n) is 3.19. The number of carboxylic acids is 1. The van der Waals surface area contributed by atoms with E-state index in [1.807, 2.05) is 25.1 Å². The van der Waals surface area contributed by atoms with Gasteiger partial charge in [-0.05, 0) is 48.9 Å². The lowest BCUT2D eigenvalue weighted by Gasteiger charge is -2.25. The number of aliphatic carboxylic acids is 1. The van der Waals surface area contributed by atoms with Gasteiger partial charge in [0.1, 0.15) is 11.3 Å². The van der Waals surface area contributed by atoms with Crippen LogP contribution in [0.5, 0.6) is 5.75 Å². The van der Waals surface area contributed by atoms with Crippen LogP contribution < -0.4 is 10.1 Å². The third-order valence-electron chi connectivity index (χ3n) is 4.57. The zero-order chi connectivity index (χ0) is 16.6. The smallest absolute Gasteiger partial charge is 0.329 e. The van der Waals surface area contributed by atoms with Crippen LogP contribution in [-0.2, 0) is 4.79 Å². The standard InChI is InChI=1S/C17H19NO4S/c1-10-12-9-11(22-2)5-6-13(12)23-14(10)15(19)18-17(16(20)21)7-3-4-8-17/h5-6,9H,3-4,7-8H2,1-2H3,(H,18,19)(H,20,21). The average molecular weight is 333 g/mol. The third-order valence-corrected chi connectivity index (χ3v) is 5.84. The Kier molecular flexibility index (Phi) is 4.02. The molecule has 0 spiro atoms. The first-order valence-electron chi connectivity index (χ1n) is 7.60. The molecule has 1 aromatic heterocycles. The molecule has 23 heavy (non-hydrogen) atoms. The number of ether oxygens (including phenoxy) is 1. The number of methoxy groups -OCH3 is 1. The molecule has 0 atom stereocenters. The number of rotatable bonds is 4. The first kappa shape index (κ1) is 15.8. The van der Waals surface area contributed by atoms with Crippen LogP contribution in [0.25, 0.3) is 10.1 Å². The summed E-state index contributed by atoms with van der Waals surface area (Å²) < 4.78 is 6.22. The highest BCUT2D eigenvalue weighted by Gasteiger charge is 2.43. The summed E-state index contributed by atoms with van der Waals surface area (Å²) in [4.78, 5) is 24.8. The molecule has 1 saturated carbocycles. The molecule has 5 nitrogen and oxygen atoms in total. The molecular formula is C17H19NO4S. The van der Waals surface area contributed by atoms with Gasteiger partial charge < -0.3 is 15.2 Å². The van der Waals surface area contributed by atoms with Crippen molar-refractivity contribution in [1.82, 2.24) is 5.32 Å². The van der Waals surface area contributed by atoms with E-state index in [-0.39, 0.29) is 5.91 Å². The van der Waals surface area contributed by atoms with E-state index in [9.17, 15) is 14.7 Å². The van der Waals surface area contributed by atoms with Crippen molar-refractivity contribution in [3.8, 4) is 5.75 Å². The van der Waals surface area contributed by atoms with Gasteiger partial charge in [0.2, 0.25) is 0 Å². The zero-order valence-corrected chi connectivity index (χ0v) is 14.0. The number of amides is 1. The maximum atomic E-state index is 12.7. The number of carbonyl (C=O) groups is 2. The molecule has 1 aliphatic carbocycles. The van der Waals surface area contributed by atoms with E-state index in [1.165, 1.54) is 11.3 Å². The van der Waals surface area contributed by atoms with Crippen molar-refractivity contribution in [2.24, 2.45) is 0 Å². The number of carbonyl (C=O) groups excluding carboxylic acids is 1. The van der Waals surface area contributed by atoms with Crippen molar-refractivity contribution in [1.29, 1.82) is 0 Å². The first-order valence-corrected chi connectivity index (χ1v) is 8.41. The molecule has 6 heteroatoms. The number of hydrogen-bond acceptors (Lipinski definition) is 4. The predicted molar refractivity (Wildman–Crippen MR) is 89.4 cm³/mol. The molecule has 122 valence electrons. The van der Waals surface area contributed by atoms with E-state index in [0.29, 0.717) is 17.7 Å². The highest BCUT2D eigenvalue weighted by Crippen LogP contribution is 2.35. The molecule has 2 N–H and O–H groups in total. The fraction of sp³-hybridized carbons (Fsp3) is 0.412. The molecule has 1 aliphatic rings. The lowest BCUT2D eigenvalue weighted by Crippen LogP contribution is -2.52. The molecule has 0 bridgehead atoms. The quantitative estimate of drug-likeness (QED) is 0.900. The summed E-state index contributed by atoms with van der Waals surface area (Å²) in [6, 6.07) is 5.68. The van der Waals surface area contributed by atoms with Crippen LogP contribution in [0, 0.1) is 6.92 Å². The van der Waals surface area contributed by atoms with E-state index < -0.39 is 11.5 Å². The van der Waals surface area contributed by atoms with Crippen LogP contribution in [0.1, 0.15) is 40.9 Å². The molecule has 0 unspecified atom stereocenters. The van der Waals surface area contributed by atoms with Crippen molar-refractivity contribution < 1.29 is 19.4 Å². The number of nitrogens with one attached hydrogen (secondary N) is 1. The van der Waals surface area contributed by atoms with Crippen molar-refractivity contribution in [3.05, 3.63) is 28.6 Å². The maximum Gasteiger partial charge on any atom is 0.329 e. The predicted octanol–water partition coefficient (Wildman–Crippen LogP) is 3.35. The Morgan fingerprint density at radius 1 is 1.30 bits per heavy atom. The van der Waals surface area contributed by atoms with E-state index in [1.54, 1.807) is 7.11 Å². The number of fused-ring (bicyclic) bond motifs is 1. The highest BCUT2D eigenvalue weighted by molar-refractivity contribution is 7.21. The maximum absolute atomic E-state index is 12.7. The molecule has 0 aliphatic heterocycles. The van der Waals surface area contributed by atoms with Gasteiger partial charge in [-0.3, -0.25) is 4.79 Å². The minimum atomic E-state index is -1.11. The zero-order valence-electron chi connectivity index (χ0n) is 13.1.